The Balaban J connectivity index is 1.75. The molecule has 1 aliphatic carbocycles. The van der Waals surface area contributed by atoms with Crippen LogP contribution >= 0.6 is 0 Å². The lowest BCUT2D eigenvalue weighted by molar-refractivity contribution is -0.135. The fourth-order valence-corrected chi connectivity index (χ4v) is 3.74. The van der Waals surface area contributed by atoms with Crippen LogP contribution in [0.3, 0.4) is 0 Å². The molecule has 0 bridgehead atoms. The number of rotatable bonds is 8. The molecule has 0 aromatic heterocycles. The fraction of sp³-hybridized carbons (Fsp3) is 0.900. The van der Waals surface area contributed by atoms with Crippen LogP contribution in [0.5, 0.6) is 0 Å². The first kappa shape index (κ1) is 21.0. The van der Waals surface area contributed by atoms with Crippen molar-refractivity contribution >= 4 is 11.9 Å². The maximum atomic E-state index is 12.7. The fourth-order valence-electron chi connectivity index (χ4n) is 3.74. The molecular weight excluding hydrogens is 328 g/mol. The number of aliphatic imine (C=N–C) groups is 1. The average molecular weight is 367 g/mol. The SMILES string of the molecule is CCNC(=NCCOCC(C)C)NC1CCN(C(=O)C2CCCCC2)C1. The van der Waals surface area contributed by atoms with Crippen LogP contribution < -0.4 is 10.6 Å². The van der Waals surface area contributed by atoms with Gasteiger partial charge in [-0.2, -0.15) is 0 Å². The van der Waals surface area contributed by atoms with Gasteiger partial charge in [0.1, 0.15) is 0 Å². The normalized spacial score (nSPS) is 22.1. The van der Waals surface area contributed by atoms with Gasteiger partial charge in [0.05, 0.1) is 13.2 Å². The minimum absolute atomic E-state index is 0.266. The maximum absolute atomic E-state index is 12.7. The second kappa shape index (κ2) is 11.4. The summed E-state index contributed by atoms with van der Waals surface area (Å²) in [5.74, 6) is 2.02. The molecule has 2 N–H and O–H groups in total. The third-order valence-corrected chi connectivity index (χ3v) is 5.10. The Bertz CT molecular complexity index is 447. The summed E-state index contributed by atoms with van der Waals surface area (Å²) in [4.78, 5) is 19.4. The van der Waals surface area contributed by atoms with Crippen molar-refractivity contribution in [3.05, 3.63) is 0 Å². The molecular formula is C20H38N4O2. The van der Waals surface area contributed by atoms with Crippen LogP contribution in [0.2, 0.25) is 0 Å². The molecule has 0 spiro atoms. The third kappa shape index (κ3) is 7.14. The number of ether oxygens (including phenoxy) is 1. The van der Waals surface area contributed by atoms with Gasteiger partial charge in [-0.1, -0.05) is 33.1 Å². The summed E-state index contributed by atoms with van der Waals surface area (Å²) in [6.07, 6.45) is 6.86. The molecule has 1 heterocycles. The monoisotopic (exact) mass is 366 g/mol. The molecule has 1 unspecified atom stereocenters. The summed E-state index contributed by atoms with van der Waals surface area (Å²) < 4.78 is 5.59. The van der Waals surface area contributed by atoms with Gasteiger partial charge in [0, 0.05) is 38.2 Å². The molecule has 1 saturated carbocycles. The molecule has 0 radical (unpaired) electrons. The highest BCUT2D eigenvalue weighted by Gasteiger charge is 2.31. The molecule has 6 nitrogen and oxygen atoms in total. The van der Waals surface area contributed by atoms with E-state index < -0.39 is 0 Å². The standard InChI is InChI=1S/C20H38N4O2/c1-4-21-20(22-11-13-26-15-16(2)3)23-18-10-12-24(14-18)19(25)17-8-6-5-7-9-17/h16-18H,4-15H2,1-3H3,(H2,21,22,23). The highest BCUT2D eigenvalue weighted by Crippen LogP contribution is 2.26. The zero-order valence-corrected chi connectivity index (χ0v) is 16.9. The minimum atomic E-state index is 0.266. The number of nitrogens with zero attached hydrogens (tertiary/aromatic N) is 2. The van der Waals surface area contributed by atoms with Gasteiger partial charge in [0.25, 0.3) is 0 Å². The largest absolute Gasteiger partial charge is 0.379 e. The molecule has 0 aromatic carbocycles. The summed E-state index contributed by atoms with van der Waals surface area (Å²) in [6.45, 7) is 10.9. The second-order valence-electron chi connectivity index (χ2n) is 7.98. The quantitative estimate of drug-likeness (QED) is 0.393. The van der Waals surface area contributed by atoms with Crippen molar-refractivity contribution in [2.75, 3.05) is 39.4 Å². The van der Waals surface area contributed by atoms with E-state index in [4.69, 9.17) is 4.74 Å². The lowest BCUT2D eigenvalue weighted by Crippen LogP contribution is -2.45. The lowest BCUT2D eigenvalue weighted by Gasteiger charge is -2.26. The van der Waals surface area contributed by atoms with Gasteiger partial charge in [0.15, 0.2) is 5.96 Å². The first-order valence-electron chi connectivity index (χ1n) is 10.5. The number of likely N-dealkylation sites (tertiary alicyclic amines) is 1. The Morgan fingerprint density at radius 3 is 2.69 bits per heavy atom. The highest BCUT2D eigenvalue weighted by molar-refractivity contribution is 5.81. The Kier molecular flexibility index (Phi) is 9.23. The summed E-state index contributed by atoms with van der Waals surface area (Å²) in [5, 5.41) is 6.79. The number of guanidine groups is 1. The Morgan fingerprint density at radius 2 is 2.00 bits per heavy atom. The van der Waals surface area contributed by atoms with Gasteiger partial charge in [-0.05, 0) is 32.1 Å². The van der Waals surface area contributed by atoms with Gasteiger partial charge < -0.3 is 20.3 Å². The summed E-state index contributed by atoms with van der Waals surface area (Å²) in [7, 11) is 0. The van der Waals surface area contributed by atoms with Crippen molar-refractivity contribution in [3.8, 4) is 0 Å². The number of hydrogen-bond acceptors (Lipinski definition) is 3. The average Bonchev–Trinajstić information content (AvgIpc) is 3.10. The van der Waals surface area contributed by atoms with E-state index in [9.17, 15) is 4.79 Å². The molecule has 6 heteroatoms. The van der Waals surface area contributed by atoms with Crippen LogP contribution in [0, 0.1) is 11.8 Å². The van der Waals surface area contributed by atoms with Gasteiger partial charge in [-0.25, -0.2) is 0 Å². The van der Waals surface area contributed by atoms with Crippen molar-refractivity contribution in [2.24, 2.45) is 16.8 Å². The topological polar surface area (TPSA) is 66.0 Å². The van der Waals surface area contributed by atoms with Gasteiger partial charge >= 0.3 is 0 Å². The Labute approximate surface area is 159 Å². The first-order valence-corrected chi connectivity index (χ1v) is 10.5. The highest BCUT2D eigenvalue weighted by atomic mass is 16.5. The van der Waals surface area contributed by atoms with Crippen molar-refractivity contribution in [1.82, 2.24) is 15.5 Å². The maximum Gasteiger partial charge on any atom is 0.225 e. The number of carbonyl (C=O) groups is 1. The molecule has 1 saturated heterocycles. The lowest BCUT2D eigenvalue weighted by atomic mass is 9.88. The van der Waals surface area contributed by atoms with E-state index in [1.165, 1.54) is 19.3 Å². The predicted molar refractivity (Wildman–Crippen MR) is 106 cm³/mol. The Morgan fingerprint density at radius 1 is 1.23 bits per heavy atom. The van der Waals surface area contributed by atoms with Crippen LogP contribution in [0.4, 0.5) is 0 Å². The summed E-state index contributed by atoms with van der Waals surface area (Å²) >= 11 is 0. The third-order valence-electron chi connectivity index (χ3n) is 5.10. The molecule has 150 valence electrons. The van der Waals surface area contributed by atoms with Crippen LogP contribution in [0.15, 0.2) is 4.99 Å². The van der Waals surface area contributed by atoms with Gasteiger partial charge in [-0.15, -0.1) is 0 Å². The smallest absolute Gasteiger partial charge is 0.225 e. The molecule has 2 rings (SSSR count). The molecule has 2 fully saturated rings. The predicted octanol–water partition coefficient (Wildman–Crippen LogP) is 2.40. The van der Waals surface area contributed by atoms with Crippen molar-refractivity contribution in [3.63, 3.8) is 0 Å². The van der Waals surface area contributed by atoms with Crippen LogP contribution in [0.25, 0.3) is 0 Å². The number of amides is 1. The van der Waals surface area contributed by atoms with Crippen molar-refractivity contribution < 1.29 is 9.53 Å². The zero-order chi connectivity index (χ0) is 18.8. The van der Waals surface area contributed by atoms with Crippen LogP contribution in [-0.4, -0.2) is 62.2 Å². The van der Waals surface area contributed by atoms with E-state index >= 15 is 0 Å². The van der Waals surface area contributed by atoms with Gasteiger partial charge in [-0.3, -0.25) is 9.79 Å². The van der Waals surface area contributed by atoms with E-state index in [0.29, 0.717) is 25.0 Å². The number of hydrogen-bond donors (Lipinski definition) is 2. The first-order chi connectivity index (χ1) is 12.6. The Hall–Kier alpha value is -1.30. The van der Waals surface area contributed by atoms with E-state index in [0.717, 1.165) is 51.5 Å². The molecule has 26 heavy (non-hydrogen) atoms. The summed E-state index contributed by atoms with van der Waals surface area (Å²) in [6, 6.07) is 0.289. The van der Waals surface area contributed by atoms with E-state index in [1.54, 1.807) is 0 Å². The van der Waals surface area contributed by atoms with Crippen LogP contribution in [0.1, 0.15) is 59.3 Å². The zero-order valence-electron chi connectivity index (χ0n) is 16.9. The van der Waals surface area contributed by atoms with E-state index in [2.05, 4.69) is 41.3 Å². The van der Waals surface area contributed by atoms with E-state index in [-0.39, 0.29) is 12.0 Å². The molecule has 2 aliphatic rings. The molecule has 0 aromatic rings. The molecule has 1 amide bonds. The second-order valence-corrected chi connectivity index (χ2v) is 7.98. The number of nitrogens with one attached hydrogen (secondary N) is 2. The van der Waals surface area contributed by atoms with E-state index in [1.807, 2.05) is 0 Å². The van der Waals surface area contributed by atoms with Crippen LogP contribution in [-0.2, 0) is 9.53 Å². The number of carbonyl (C=O) groups excluding carboxylic acids is 1. The minimum Gasteiger partial charge on any atom is -0.379 e. The molecule has 1 atom stereocenters. The van der Waals surface area contributed by atoms with Gasteiger partial charge in [0.2, 0.25) is 5.91 Å². The summed E-state index contributed by atoms with van der Waals surface area (Å²) in [5.41, 5.74) is 0. The van der Waals surface area contributed by atoms with Crippen molar-refractivity contribution in [1.29, 1.82) is 0 Å². The van der Waals surface area contributed by atoms with Crippen molar-refractivity contribution in [2.45, 2.75) is 65.3 Å². The molecule has 1 aliphatic heterocycles.